The maximum Gasteiger partial charge on any atom is 0.224 e. The third-order valence-corrected chi connectivity index (χ3v) is 4.12. The maximum atomic E-state index is 12.2. The molecule has 2 aromatic rings. The van der Waals surface area contributed by atoms with Crippen molar-refractivity contribution in [1.82, 2.24) is 0 Å². The van der Waals surface area contributed by atoms with Gasteiger partial charge in [0.2, 0.25) is 5.91 Å². The van der Waals surface area contributed by atoms with E-state index in [1.807, 2.05) is 42.5 Å². The van der Waals surface area contributed by atoms with E-state index >= 15 is 0 Å². The largest absolute Gasteiger partial charge is 0.493 e. The second-order valence-electron chi connectivity index (χ2n) is 6.10. The van der Waals surface area contributed by atoms with Crippen LogP contribution in [0.2, 0.25) is 0 Å². The van der Waals surface area contributed by atoms with Crippen LogP contribution in [0.4, 0.5) is 11.4 Å². The summed E-state index contributed by atoms with van der Waals surface area (Å²) in [5.41, 5.74) is 2.92. The van der Waals surface area contributed by atoms with E-state index in [0.717, 1.165) is 29.9 Å². The molecule has 0 aromatic heterocycles. The second kappa shape index (κ2) is 10.3. The first-order valence-electron chi connectivity index (χ1n) is 9.01. The second-order valence-corrected chi connectivity index (χ2v) is 6.10. The molecule has 0 aliphatic rings. The highest BCUT2D eigenvalue weighted by atomic mass is 16.5. The van der Waals surface area contributed by atoms with Crippen LogP contribution in [0.1, 0.15) is 31.7 Å². The number of carbonyl (C=O) groups excluding carboxylic acids is 1. The van der Waals surface area contributed by atoms with E-state index in [-0.39, 0.29) is 5.91 Å². The number of benzene rings is 2. The number of ether oxygens (including phenoxy) is 2. The van der Waals surface area contributed by atoms with Crippen molar-refractivity contribution in [2.45, 2.75) is 32.6 Å². The molecule has 0 saturated carbocycles. The Morgan fingerprint density at radius 2 is 1.65 bits per heavy atom. The summed E-state index contributed by atoms with van der Waals surface area (Å²) in [6.07, 6.45) is 3.37. The smallest absolute Gasteiger partial charge is 0.224 e. The number of anilines is 2. The van der Waals surface area contributed by atoms with Crippen LogP contribution in [0.3, 0.4) is 0 Å². The van der Waals surface area contributed by atoms with Crippen LogP contribution in [0.25, 0.3) is 0 Å². The molecule has 2 aromatic carbocycles. The standard InChI is InChI=1S/C21H28N2O3/c1-4-5-14-22-17-8-10-18(11-9-17)23-21(24)13-7-16-6-12-19(25-2)20(15-16)26-3/h6,8-12,15,22H,4-5,7,13-14H2,1-3H3,(H,23,24). The van der Waals surface area contributed by atoms with Gasteiger partial charge in [0.25, 0.3) is 0 Å². The summed E-state index contributed by atoms with van der Waals surface area (Å²) in [7, 11) is 3.21. The van der Waals surface area contributed by atoms with Gasteiger partial charge in [-0.1, -0.05) is 19.4 Å². The normalized spacial score (nSPS) is 10.3. The minimum absolute atomic E-state index is 0.00789. The number of nitrogens with one attached hydrogen (secondary N) is 2. The van der Waals surface area contributed by atoms with Gasteiger partial charge in [0, 0.05) is 24.3 Å². The number of hydrogen-bond donors (Lipinski definition) is 2. The van der Waals surface area contributed by atoms with Crippen LogP contribution < -0.4 is 20.1 Å². The Morgan fingerprint density at radius 1 is 0.962 bits per heavy atom. The quantitative estimate of drug-likeness (QED) is 0.616. The van der Waals surface area contributed by atoms with E-state index in [9.17, 15) is 4.79 Å². The highest BCUT2D eigenvalue weighted by molar-refractivity contribution is 5.91. The SMILES string of the molecule is CCCCNc1ccc(NC(=O)CCc2ccc(OC)c(OC)c2)cc1. The Morgan fingerprint density at radius 3 is 2.31 bits per heavy atom. The number of carbonyl (C=O) groups is 1. The molecule has 26 heavy (non-hydrogen) atoms. The van der Waals surface area contributed by atoms with Crippen molar-refractivity contribution in [3.8, 4) is 11.5 Å². The van der Waals surface area contributed by atoms with Crippen LogP contribution in [0.5, 0.6) is 11.5 Å². The summed E-state index contributed by atoms with van der Waals surface area (Å²) in [5, 5.41) is 6.29. The lowest BCUT2D eigenvalue weighted by atomic mass is 10.1. The predicted octanol–water partition coefficient (Wildman–Crippen LogP) is 4.49. The molecule has 0 atom stereocenters. The Kier molecular flexibility index (Phi) is 7.80. The average molecular weight is 356 g/mol. The Labute approximate surface area is 155 Å². The van der Waals surface area contributed by atoms with Crippen molar-refractivity contribution < 1.29 is 14.3 Å². The van der Waals surface area contributed by atoms with Gasteiger partial charge in [-0.3, -0.25) is 4.79 Å². The van der Waals surface area contributed by atoms with Gasteiger partial charge in [0.15, 0.2) is 11.5 Å². The fourth-order valence-corrected chi connectivity index (χ4v) is 2.60. The number of unbranched alkanes of at least 4 members (excludes halogenated alkanes) is 1. The minimum Gasteiger partial charge on any atom is -0.493 e. The van der Waals surface area contributed by atoms with E-state index in [0.29, 0.717) is 24.3 Å². The molecule has 0 saturated heterocycles. The van der Waals surface area contributed by atoms with Gasteiger partial charge in [-0.15, -0.1) is 0 Å². The number of amides is 1. The van der Waals surface area contributed by atoms with Crippen molar-refractivity contribution in [2.24, 2.45) is 0 Å². The Bertz CT molecular complexity index is 699. The van der Waals surface area contributed by atoms with Gasteiger partial charge in [-0.05, 0) is 54.8 Å². The first kappa shape index (κ1) is 19.6. The molecular formula is C21H28N2O3. The molecule has 1 amide bonds. The van der Waals surface area contributed by atoms with Crippen LogP contribution >= 0.6 is 0 Å². The lowest BCUT2D eigenvalue weighted by molar-refractivity contribution is -0.116. The molecule has 140 valence electrons. The summed E-state index contributed by atoms with van der Waals surface area (Å²) in [5.74, 6) is 1.36. The minimum atomic E-state index is -0.00789. The van der Waals surface area contributed by atoms with Gasteiger partial charge in [-0.25, -0.2) is 0 Å². The van der Waals surface area contributed by atoms with E-state index < -0.39 is 0 Å². The summed E-state index contributed by atoms with van der Waals surface area (Å²) in [6, 6.07) is 13.5. The maximum absolute atomic E-state index is 12.2. The van der Waals surface area contributed by atoms with Gasteiger partial charge in [-0.2, -0.15) is 0 Å². The monoisotopic (exact) mass is 356 g/mol. The molecular weight excluding hydrogens is 328 g/mol. The molecule has 2 N–H and O–H groups in total. The van der Waals surface area contributed by atoms with Gasteiger partial charge in [0.05, 0.1) is 14.2 Å². The van der Waals surface area contributed by atoms with Crippen LogP contribution in [-0.2, 0) is 11.2 Å². The van der Waals surface area contributed by atoms with Crippen LogP contribution in [0.15, 0.2) is 42.5 Å². The first-order chi connectivity index (χ1) is 12.7. The number of aryl methyl sites for hydroxylation is 1. The Hall–Kier alpha value is -2.69. The molecule has 0 fully saturated rings. The lowest BCUT2D eigenvalue weighted by Crippen LogP contribution is -2.12. The van der Waals surface area contributed by atoms with Crippen LogP contribution in [0, 0.1) is 0 Å². The third kappa shape index (κ3) is 5.99. The van der Waals surface area contributed by atoms with Crippen molar-refractivity contribution in [3.05, 3.63) is 48.0 Å². The molecule has 0 heterocycles. The average Bonchev–Trinajstić information content (AvgIpc) is 2.67. The lowest BCUT2D eigenvalue weighted by Gasteiger charge is -2.10. The molecule has 0 bridgehead atoms. The van der Waals surface area contributed by atoms with Crippen molar-refractivity contribution >= 4 is 17.3 Å². The summed E-state index contributed by atoms with van der Waals surface area (Å²) in [4.78, 5) is 12.2. The predicted molar refractivity (Wildman–Crippen MR) is 106 cm³/mol. The molecule has 0 radical (unpaired) electrons. The van der Waals surface area contributed by atoms with E-state index in [1.54, 1.807) is 14.2 Å². The first-order valence-corrected chi connectivity index (χ1v) is 9.01. The van der Waals surface area contributed by atoms with Crippen molar-refractivity contribution in [1.29, 1.82) is 0 Å². The van der Waals surface area contributed by atoms with Crippen LogP contribution in [-0.4, -0.2) is 26.7 Å². The van der Waals surface area contributed by atoms with E-state index in [1.165, 1.54) is 6.42 Å². The summed E-state index contributed by atoms with van der Waals surface area (Å²) < 4.78 is 10.5. The zero-order chi connectivity index (χ0) is 18.8. The van der Waals surface area contributed by atoms with Gasteiger partial charge < -0.3 is 20.1 Å². The van der Waals surface area contributed by atoms with Crippen molar-refractivity contribution in [3.63, 3.8) is 0 Å². The molecule has 0 aliphatic heterocycles. The number of rotatable bonds is 10. The third-order valence-electron chi connectivity index (χ3n) is 4.12. The molecule has 5 heteroatoms. The molecule has 0 spiro atoms. The Balaban J connectivity index is 1.83. The van der Waals surface area contributed by atoms with Crippen molar-refractivity contribution in [2.75, 3.05) is 31.4 Å². The van der Waals surface area contributed by atoms with E-state index in [2.05, 4.69) is 17.6 Å². The topological polar surface area (TPSA) is 59.6 Å². The highest BCUT2D eigenvalue weighted by Gasteiger charge is 2.07. The van der Waals surface area contributed by atoms with Gasteiger partial charge in [0.1, 0.15) is 0 Å². The fourth-order valence-electron chi connectivity index (χ4n) is 2.60. The summed E-state index contributed by atoms with van der Waals surface area (Å²) >= 11 is 0. The molecule has 0 unspecified atom stereocenters. The number of hydrogen-bond acceptors (Lipinski definition) is 4. The fraction of sp³-hybridized carbons (Fsp3) is 0.381. The molecule has 0 aliphatic carbocycles. The molecule has 5 nitrogen and oxygen atoms in total. The zero-order valence-corrected chi connectivity index (χ0v) is 15.8. The molecule has 2 rings (SSSR count). The highest BCUT2D eigenvalue weighted by Crippen LogP contribution is 2.28. The summed E-state index contributed by atoms with van der Waals surface area (Å²) in [6.45, 7) is 3.13. The van der Waals surface area contributed by atoms with Gasteiger partial charge >= 0.3 is 0 Å². The zero-order valence-electron chi connectivity index (χ0n) is 15.8. The number of methoxy groups -OCH3 is 2. The van der Waals surface area contributed by atoms with E-state index in [4.69, 9.17) is 9.47 Å².